The molecule has 2 rings (SSSR count). The molecular weight excluding hydrogens is 1000 g/mol. The van der Waals surface area contributed by atoms with Crippen LogP contribution < -0.4 is 0 Å². The number of aliphatic hydroxyl groups excluding tert-OH is 7. The number of hydrogen-bond acceptors (Lipinski definition) is 14. The van der Waals surface area contributed by atoms with Crippen LogP contribution in [-0.4, -0.2) is 142 Å². The second-order valence-electron chi connectivity index (χ2n) is 20.8. The SMILES string of the molecule is CC/C=C\C/C=C\C/C=C\C/C=C\C/C=C\CCCCCCOCC(COC1OC(COC2OC(CO)C(O)C(O)C2O)C(O)C(O)C1O)OC(=O)CCCCCCCCCCCCCC/C=C\C/C=C\C/C=C\C/C=C\CC. The topological polar surface area (TPSA) is 214 Å². The Labute approximate surface area is 476 Å². The summed E-state index contributed by atoms with van der Waals surface area (Å²) in [5.41, 5.74) is 0. The number of allylic oxidation sites excluding steroid dienone is 18. The van der Waals surface area contributed by atoms with E-state index in [4.69, 9.17) is 28.4 Å². The van der Waals surface area contributed by atoms with Crippen LogP contribution in [-0.2, 0) is 33.2 Å². The van der Waals surface area contributed by atoms with Crippen LogP contribution in [0.1, 0.15) is 194 Å². The molecule has 14 heteroatoms. The van der Waals surface area contributed by atoms with Crippen LogP contribution in [0.3, 0.4) is 0 Å². The predicted octanol–water partition coefficient (Wildman–Crippen LogP) is 11.5. The third-order valence-corrected chi connectivity index (χ3v) is 13.8. The maximum Gasteiger partial charge on any atom is 0.306 e. The summed E-state index contributed by atoms with van der Waals surface area (Å²) in [6.07, 6.45) is 52.9. The Morgan fingerprint density at radius 3 is 1.23 bits per heavy atom. The van der Waals surface area contributed by atoms with Crippen LogP contribution in [0.4, 0.5) is 0 Å². The van der Waals surface area contributed by atoms with Gasteiger partial charge in [0.2, 0.25) is 0 Å². The Hall–Kier alpha value is -3.35. The molecule has 2 saturated heterocycles. The van der Waals surface area contributed by atoms with Gasteiger partial charge in [-0.3, -0.25) is 4.79 Å². The van der Waals surface area contributed by atoms with E-state index in [0.717, 1.165) is 116 Å². The van der Waals surface area contributed by atoms with Crippen molar-refractivity contribution in [2.24, 2.45) is 0 Å². The van der Waals surface area contributed by atoms with Crippen molar-refractivity contribution in [3.05, 3.63) is 109 Å². The minimum absolute atomic E-state index is 0.0372. The van der Waals surface area contributed by atoms with E-state index < -0.39 is 86.7 Å². The lowest BCUT2D eigenvalue weighted by Crippen LogP contribution is -2.61. The Bertz CT molecular complexity index is 1720. The fraction of sp³-hybridized carbons (Fsp3) is 0.708. The summed E-state index contributed by atoms with van der Waals surface area (Å²) in [5.74, 6) is -0.392. The molecule has 11 unspecified atom stereocenters. The summed E-state index contributed by atoms with van der Waals surface area (Å²) >= 11 is 0. The van der Waals surface area contributed by atoms with Gasteiger partial charge in [-0.15, -0.1) is 0 Å². The van der Waals surface area contributed by atoms with Crippen LogP contribution in [0.2, 0.25) is 0 Å². The van der Waals surface area contributed by atoms with Crippen molar-refractivity contribution in [1.29, 1.82) is 0 Å². The fourth-order valence-corrected chi connectivity index (χ4v) is 8.95. The van der Waals surface area contributed by atoms with E-state index in [2.05, 4.69) is 123 Å². The molecule has 0 aliphatic carbocycles. The van der Waals surface area contributed by atoms with E-state index in [1.807, 2.05) is 0 Å². The number of ether oxygens (including phenoxy) is 6. The minimum Gasteiger partial charge on any atom is -0.457 e. The Balaban J connectivity index is 1.71. The van der Waals surface area contributed by atoms with Crippen LogP contribution in [0.25, 0.3) is 0 Å². The monoisotopic (exact) mass is 1110 g/mol. The molecule has 0 amide bonds. The third-order valence-electron chi connectivity index (χ3n) is 13.8. The first-order valence-electron chi connectivity index (χ1n) is 30.5. The van der Waals surface area contributed by atoms with Gasteiger partial charge < -0.3 is 64.2 Å². The summed E-state index contributed by atoms with van der Waals surface area (Å²) < 4.78 is 34.4. The lowest BCUT2D eigenvalue weighted by Gasteiger charge is -2.42. The molecule has 7 N–H and O–H groups in total. The van der Waals surface area contributed by atoms with Gasteiger partial charge in [-0.1, -0.05) is 200 Å². The quantitative estimate of drug-likeness (QED) is 0.0172. The van der Waals surface area contributed by atoms with E-state index in [9.17, 15) is 40.5 Å². The van der Waals surface area contributed by atoms with Crippen LogP contribution >= 0.6 is 0 Å². The number of carbonyl (C=O) groups is 1. The zero-order valence-electron chi connectivity index (χ0n) is 48.6. The van der Waals surface area contributed by atoms with Crippen LogP contribution in [0.15, 0.2) is 109 Å². The molecule has 0 aromatic carbocycles. The van der Waals surface area contributed by atoms with Crippen LogP contribution in [0.5, 0.6) is 0 Å². The molecule has 2 heterocycles. The highest BCUT2D eigenvalue weighted by molar-refractivity contribution is 5.69. The molecule has 2 aliphatic rings. The Morgan fingerprint density at radius 2 is 0.785 bits per heavy atom. The Morgan fingerprint density at radius 1 is 0.418 bits per heavy atom. The largest absolute Gasteiger partial charge is 0.457 e. The number of esters is 1. The first-order valence-corrected chi connectivity index (χ1v) is 30.5. The predicted molar refractivity (Wildman–Crippen MR) is 316 cm³/mol. The molecule has 2 aliphatic heterocycles. The molecule has 2 fully saturated rings. The molecule has 0 bridgehead atoms. The average Bonchev–Trinajstić information content (AvgIpc) is 3.46. The average molecular weight is 1110 g/mol. The molecule has 14 nitrogen and oxygen atoms in total. The minimum atomic E-state index is -1.72. The summed E-state index contributed by atoms with van der Waals surface area (Å²) in [4.78, 5) is 13.1. The van der Waals surface area contributed by atoms with Crippen molar-refractivity contribution in [3.8, 4) is 0 Å². The summed E-state index contributed by atoms with van der Waals surface area (Å²) in [5, 5.41) is 72.4. The van der Waals surface area contributed by atoms with Gasteiger partial charge in [0, 0.05) is 13.0 Å². The zero-order chi connectivity index (χ0) is 57.2. The molecule has 79 heavy (non-hydrogen) atoms. The van der Waals surface area contributed by atoms with Crippen molar-refractivity contribution in [3.63, 3.8) is 0 Å². The fourth-order valence-electron chi connectivity index (χ4n) is 8.95. The van der Waals surface area contributed by atoms with Crippen molar-refractivity contribution < 1.29 is 69.0 Å². The highest BCUT2D eigenvalue weighted by Gasteiger charge is 2.47. The van der Waals surface area contributed by atoms with Gasteiger partial charge in [-0.05, 0) is 96.3 Å². The molecular formula is C65H108O14. The van der Waals surface area contributed by atoms with Crippen molar-refractivity contribution >= 4 is 5.97 Å². The number of aliphatic hydroxyl groups is 7. The van der Waals surface area contributed by atoms with Crippen molar-refractivity contribution in [1.82, 2.24) is 0 Å². The van der Waals surface area contributed by atoms with Crippen molar-refractivity contribution in [2.45, 2.75) is 261 Å². The normalized spacial score (nSPS) is 24.8. The van der Waals surface area contributed by atoms with Gasteiger partial charge >= 0.3 is 5.97 Å². The van der Waals surface area contributed by atoms with E-state index in [1.54, 1.807) is 0 Å². The van der Waals surface area contributed by atoms with Crippen molar-refractivity contribution in [2.75, 3.05) is 33.0 Å². The second-order valence-corrected chi connectivity index (χ2v) is 20.8. The molecule has 0 radical (unpaired) electrons. The zero-order valence-corrected chi connectivity index (χ0v) is 48.6. The van der Waals surface area contributed by atoms with Crippen LogP contribution in [0, 0.1) is 0 Å². The smallest absolute Gasteiger partial charge is 0.306 e. The van der Waals surface area contributed by atoms with Gasteiger partial charge in [0.05, 0.1) is 26.4 Å². The molecule has 0 spiro atoms. The van der Waals surface area contributed by atoms with Gasteiger partial charge in [0.1, 0.15) is 54.9 Å². The maximum absolute atomic E-state index is 13.1. The molecule has 0 saturated carbocycles. The van der Waals surface area contributed by atoms with Gasteiger partial charge in [-0.2, -0.15) is 0 Å². The summed E-state index contributed by atoms with van der Waals surface area (Å²) in [6, 6.07) is 0. The first-order chi connectivity index (χ1) is 38.6. The first kappa shape index (κ1) is 71.8. The molecule has 0 aromatic rings. The van der Waals surface area contributed by atoms with E-state index in [0.29, 0.717) is 13.0 Å². The molecule has 0 aromatic heterocycles. The summed E-state index contributed by atoms with van der Waals surface area (Å²) in [6.45, 7) is 3.39. The van der Waals surface area contributed by atoms with Gasteiger partial charge in [0.25, 0.3) is 0 Å². The third kappa shape index (κ3) is 36.7. The number of unbranched alkanes of at least 4 members (excludes halogenated alkanes) is 16. The second kappa shape index (κ2) is 50.4. The lowest BCUT2D eigenvalue weighted by molar-refractivity contribution is -0.332. The molecule has 11 atom stereocenters. The van der Waals surface area contributed by atoms with E-state index >= 15 is 0 Å². The number of rotatable bonds is 48. The number of hydrogen-bond donors (Lipinski definition) is 7. The van der Waals surface area contributed by atoms with Gasteiger partial charge in [-0.25, -0.2) is 0 Å². The lowest BCUT2D eigenvalue weighted by atomic mass is 9.98. The molecule has 452 valence electrons. The Kier molecular flexibility index (Phi) is 45.8. The highest BCUT2D eigenvalue weighted by atomic mass is 16.7. The van der Waals surface area contributed by atoms with E-state index in [1.165, 1.54) is 51.4 Å². The standard InChI is InChI=1S/C65H108O14/c1-3-5-7-9-11-13-15-17-19-21-23-25-26-27-28-29-30-32-34-36-38-40-42-44-46-48-57(67)77-54(51-74-49-47-45-43-41-39-37-35-33-31-24-22-20-18-16-14-12-10-8-6-4-2)52-75-64-63(73)61(71)59(69)56(79-64)53-76-65-62(72)60(70)58(68)55(50-66)78-65/h5-8,11-14,17-20,23-25,31,35,37,54-56,58-66,68-73H,3-4,9-10,15-16,21-22,26-30,32-34,36,38-53H2,1-2H3/b7-5-,8-6-,13-11-,14-12-,19-17-,20-18-,25-23-,31-24-,37-35-. The summed E-state index contributed by atoms with van der Waals surface area (Å²) in [7, 11) is 0. The highest BCUT2D eigenvalue weighted by Crippen LogP contribution is 2.26. The number of carbonyl (C=O) groups excluding carboxylic acids is 1. The van der Waals surface area contributed by atoms with E-state index in [-0.39, 0.29) is 19.6 Å². The van der Waals surface area contributed by atoms with Gasteiger partial charge in [0.15, 0.2) is 12.6 Å². The maximum atomic E-state index is 13.1.